The smallest absolute Gasteiger partial charge is 0.126 e. The van der Waals surface area contributed by atoms with Gasteiger partial charge in [-0.05, 0) is 37.6 Å². The van der Waals surface area contributed by atoms with E-state index in [0.29, 0.717) is 27.7 Å². The molecule has 1 aromatic carbocycles. The molecule has 0 atom stereocenters. The fourth-order valence-corrected chi connectivity index (χ4v) is 1.76. The van der Waals surface area contributed by atoms with Gasteiger partial charge in [0.1, 0.15) is 11.6 Å². The second-order valence-corrected chi connectivity index (χ2v) is 3.98. The zero-order chi connectivity index (χ0) is 11.7. The molecule has 0 aliphatic rings. The van der Waals surface area contributed by atoms with Crippen LogP contribution in [-0.4, -0.2) is 9.97 Å². The van der Waals surface area contributed by atoms with Crippen molar-refractivity contribution in [2.75, 3.05) is 0 Å². The summed E-state index contributed by atoms with van der Waals surface area (Å²) in [6.45, 7) is 3.46. The molecule has 1 aromatic heterocycles. The van der Waals surface area contributed by atoms with Crippen molar-refractivity contribution >= 4 is 11.6 Å². The minimum absolute atomic E-state index is 0.282. The lowest BCUT2D eigenvalue weighted by atomic mass is 10.1. The molecule has 0 saturated heterocycles. The summed E-state index contributed by atoms with van der Waals surface area (Å²) in [5.74, 6) is 0.352. The van der Waals surface area contributed by atoms with Crippen molar-refractivity contribution in [3.05, 3.63) is 46.6 Å². The number of benzene rings is 1. The van der Waals surface area contributed by atoms with Crippen molar-refractivity contribution in [3.8, 4) is 11.3 Å². The molecule has 0 fully saturated rings. The first-order valence-electron chi connectivity index (χ1n) is 4.83. The second kappa shape index (κ2) is 4.18. The Morgan fingerprint density at radius 1 is 1.25 bits per heavy atom. The predicted molar refractivity (Wildman–Crippen MR) is 61.9 cm³/mol. The van der Waals surface area contributed by atoms with Crippen molar-refractivity contribution in [1.82, 2.24) is 9.97 Å². The first-order chi connectivity index (χ1) is 7.58. The molecule has 0 amide bonds. The Morgan fingerprint density at radius 3 is 2.69 bits per heavy atom. The van der Waals surface area contributed by atoms with Gasteiger partial charge in [0.25, 0.3) is 0 Å². The summed E-state index contributed by atoms with van der Waals surface area (Å²) >= 11 is 6.06. The van der Waals surface area contributed by atoms with Crippen LogP contribution < -0.4 is 0 Å². The van der Waals surface area contributed by atoms with E-state index in [-0.39, 0.29) is 5.82 Å². The van der Waals surface area contributed by atoms with Gasteiger partial charge in [0.2, 0.25) is 0 Å². The van der Waals surface area contributed by atoms with Gasteiger partial charge in [0.15, 0.2) is 0 Å². The summed E-state index contributed by atoms with van der Waals surface area (Å²) in [5.41, 5.74) is 1.76. The van der Waals surface area contributed by atoms with Crippen LogP contribution in [0.5, 0.6) is 0 Å². The summed E-state index contributed by atoms with van der Waals surface area (Å²) < 4.78 is 13.4. The minimum atomic E-state index is -0.282. The van der Waals surface area contributed by atoms with Crippen LogP contribution in [0.2, 0.25) is 5.02 Å². The molecule has 82 valence electrons. The lowest BCUT2D eigenvalue weighted by molar-refractivity contribution is 0.619. The van der Waals surface area contributed by atoms with Gasteiger partial charge in [-0.15, -0.1) is 0 Å². The Morgan fingerprint density at radius 2 is 2.00 bits per heavy atom. The van der Waals surface area contributed by atoms with Crippen LogP contribution in [0.1, 0.15) is 11.4 Å². The van der Waals surface area contributed by atoms with Crippen LogP contribution in [-0.2, 0) is 0 Å². The summed E-state index contributed by atoms with van der Waals surface area (Å²) in [6.07, 6.45) is 1.63. The number of aromatic nitrogens is 2. The molecule has 0 spiro atoms. The Bertz CT molecular complexity index is 541. The molecule has 1 heterocycles. The number of nitrogens with zero attached hydrogens (tertiary/aromatic N) is 2. The largest absolute Gasteiger partial charge is 0.242 e. The first kappa shape index (κ1) is 11.0. The van der Waals surface area contributed by atoms with Crippen molar-refractivity contribution < 1.29 is 4.39 Å². The van der Waals surface area contributed by atoms with E-state index in [2.05, 4.69) is 9.97 Å². The average Bonchev–Trinajstić information content (AvgIpc) is 2.23. The predicted octanol–water partition coefficient (Wildman–Crippen LogP) is 3.55. The maximum absolute atomic E-state index is 13.4. The normalized spacial score (nSPS) is 10.5. The first-order valence-corrected chi connectivity index (χ1v) is 5.21. The highest BCUT2D eigenvalue weighted by atomic mass is 35.5. The quantitative estimate of drug-likeness (QED) is 0.757. The van der Waals surface area contributed by atoms with Crippen LogP contribution in [0.15, 0.2) is 24.4 Å². The highest BCUT2D eigenvalue weighted by molar-refractivity contribution is 6.33. The number of hydrogen-bond acceptors (Lipinski definition) is 2. The van der Waals surface area contributed by atoms with Gasteiger partial charge in [-0.1, -0.05) is 11.6 Å². The van der Waals surface area contributed by atoms with Gasteiger partial charge >= 0.3 is 0 Å². The molecule has 0 radical (unpaired) electrons. The second-order valence-electron chi connectivity index (χ2n) is 3.57. The number of rotatable bonds is 1. The van der Waals surface area contributed by atoms with Gasteiger partial charge in [-0.2, -0.15) is 0 Å². The Kier molecular flexibility index (Phi) is 2.88. The number of aryl methyl sites for hydroxylation is 2. The molecule has 0 saturated carbocycles. The monoisotopic (exact) mass is 236 g/mol. The maximum atomic E-state index is 13.4. The molecule has 0 unspecified atom stereocenters. The van der Waals surface area contributed by atoms with Crippen LogP contribution >= 0.6 is 11.6 Å². The molecule has 2 rings (SSSR count). The SMILES string of the molecule is Cc1nccc(-c2cc(F)c(C)cc2Cl)n1. The Hall–Kier alpha value is -1.48. The fraction of sp³-hybridized carbons (Fsp3) is 0.167. The van der Waals surface area contributed by atoms with E-state index in [1.54, 1.807) is 32.2 Å². The van der Waals surface area contributed by atoms with Gasteiger partial charge in [-0.25, -0.2) is 14.4 Å². The zero-order valence-electron chi connectivity index (χ0n) is 8.96. The van der Waals surface area contributed by atoms with E-state index in [1.807, 2.05) is 0 Å². The van der Waals surface area contributed by atoms with Crippen molar-refractivity contribution in [3.63, 3.8) is 0 Å². The Balaban J connectivity index is 2.60. The van der Waals surface area contributed by atoms with Crippen molar-refractivity contribution in [2.24, 2.45) is 0 Å². The van der Waals surface area contributed by atoms with Crippen LogP contribution in [0.25, 0.3) is 11.3 Å². The van der Waals surface area contributed by atoms with Gasteiger partial charge in [0, 0.05) is 11.8 Å². The molecule has 2 aromatic rings. The van der Waals surface area contributed by atoms with Crippen LogP contribution in [0.3, 0.4) is 0 Å². The summed E-state index contributed by atoms with van der Waals surface area (Å²) in [4.78, 5) is 8.20. The third-order valence-electron chi connectivity index (χ3n) is 2.30. The molecule has 0 aliphatic carbocycles. The molecule has 2 nitrogen and oxygen atoms in total. The number of hydrogen-bond donors (Lipinski definition) is 0. The molecule has 16 heavy (non-hydrogen) atoms. The lowest BCUT2D eigenvalue weighted by Gasteiger charge is -2.06. The third kappa shape index (κ3) is 2.04. The Labute approximate surface area is 98.1 Å². The molecule has 0 N–H and O–H groups in total. The molecule has 4 heteroatoms. The maximum Gasteiger partial charge on any atom is 0.126 e. The summed E-state index contributed by atoms with van der Waals surface area (Å²) in [5, 5.41) is 0.497. The van der Waals surface area contributed by atoms with E-state index in [0.717, 1.165) is 0 Å². The van der Waals surface area contributed by atoms with Gasteiger partial charge in [0.05, 0.1) is 10.7 Å². The van der Waals surface area contributed by atoms with Crippen LogP contribution in [0.4, 0.5) is 4.39 Å². The lowest BCUT2D eigenvalue weighted by Crippen LogP contribution is -1.92. The fourth-order valence-electron chi connectivity index (χ4n) is 1.45. The van der Waals surface area contributed by atoms with Crippen molar-refractivity contribution in [2.45, 2.75) is 13.8 Å². The van der Waals surface area contributed by atoms with Gasteiger partial charge < -0.3 is 0 Å². The molecular weight excluding hydrogens is 227 g/mol. The van der Waals surface area contributed by atoms with E-state index in [9.17, 15) is 4.39 Å². The standard InChI is InChI=1S/C12H10ClFN2/c1-7-5-10(13)9(6-11(7)14)12-3-4-15-8(2)16-12/h3-6H,1-2H3. The number of halogens is 2. The van der Waals surface area contributed by atoms with E-state index in [4.69, 9.17) is 11.6 Å². The molecule has 0 bridgehead atoms. The molecule has 0 aliphatic heterocycles. The summed E-state index contributed by atoms with van der Waals surface area (Å²) in [6, 6.07) is 4.71. The highest BCUT2D eigenvalue weighted by Crippen LogP contribution is 2.28. The zero-order valence-corrected chi connectivity index (χ0v) is 9.72. The van der Waals surface area contributed by atoms with Crippen LogP contribution in [0, 0.1) is 19.7 Å². The van der Waals surface area contributed by atoms with Crippen molar-refractivity contribution in [1.29, 1.82) is 0 Å². The topological polar surface area (TPSA) is 25.8 Å². The van der Waals surface area contributed by atoms with E-state index >= 15 is 0 Å². The highest BCUT2D eigenvalue weighted by Gasteiger charge is 2.09. The van der Waals surface area contributed by atoms with E-state index < -0.39 is 0 Å². The van der Waals surface area contributed by atoms with Gasteiger partial charge in [-0.3, -0.25) is 0 Å². The summed E-state index contributed by atoms with van der Waals surface area (Å²) in [7, 11) is 0. The third-order valence-corrected chi connectivity index (χ3v) is 2.61. The van der Waals surface area contributed by atoms with E-state index in [1.165, 1.54) is 6.07 Å². The minimum Gasteiger partial charge on any atom is -0.242 e. The average molecular weight is 237 g/mol. The molecular formula is C12H10ClFN2.